The summed E-state index contributed by atoms with van der Waals surface area (Å²) in [6.45, 7) is 1.63. The van der Waals surface area contributed by atoms with Gasteiger partial charge in [-0.2, -0.15) is 0 Å². The smallest absolute Gasteiger partial charge is 0.257 e. The van der Waals surface area contributed by atoms with Crippen molar-refractivity contribution in [1.29, 1.82) is 0 Å². The number of hydrazine groups is 1. The first-order valence-electron chi connectivity index (χ1n) is 10.5. The summed E-state index contributed by atoms with van der Waals surface area (Å²) in [6, 6.07) is 13.9. The van der Waals surface area contributed by atoms with Gasteiger partial charge in [0.2, 0.25) is 5.91 Å². The number of carbonyl (C=O) groups is 4. The number of hydrogen-bond acceptors (Lipinski definition) is 5. The molecule has 0 radical (unpaired) electrons. The van der Waals surface area contributed by atoms with Crippen LogP contribution in [0, 0.1) is 6.92 Å². The molecule has 1 unspecified atom stereocenters. The Morgan fingerprint density at radius 1 is 0.938 bits per heavy atom. The molecule has 32 heavy (non-hydrogen) atoms. The van der Waals surface area contributed by atoms with Crippen LogP contribution in [0.1, 0.15) is 40.4 Å². The van der Waals surface area contributed by atoms with Gasteiger partial charge in [-0.05, 0) is 43.5 Å². The van der Waals surface area contributed by atoms with Crippen molar-refractivity contribution in [1.82, 2.24) is 21.1 Å². The Balaban J connectivity index is 1.25. The van der Waals surface area contributed by atoms with Crippen molar-refractivity contribution in [3.8, 4) is 0 Å². The van der Waals surface area contributed by atoms with E-state index in [9.17, 15) is 19.2 Å². The molecule has 1 aliphatic heterocycles. The number of carbonyl (C=O) groups excluding carboxylic acids is 4. The van der Waals surface area contributed by atoms with Crippen LogP contribution in [0.3, 0.4) is 0 Å². The first kappa shape index (κ1) is 21.4. The summed E-state index contributed by atoms with van der Waals surface area (Å²) >= 11 is 0. The van der Waals surface area contributed by atoms with Crippen LogP contribution in [0.2, 0.25) is 0 Å². The van der Waals surface area contributed by atoms with E-state index in [1.165, 1.54) is 0 Å². The Labute approximate surface area is 185 Å². The van der Waals surface area contributed by atoms with Crippen LogP contribution in [0.25, 0.3) is 0 Å². The van der Waals surface area contributed by atoms with E-state index in [0.29, 0.717) is 11.1 Å². The molecule has 0 bridgehead atoms. The third-order valence-electron chi connectivity index (χ3n) is 5.46. The molecule has 0 spiro atoms. The summed E-state index contributed by atoms with van der Waals surface area (Å²) in [5.74, 6) is -1.57. The lowest BCUT2D eigenvalue weighted by molar-refractivity contribution is -0.130. The Morgan fingerprint density at radius 3 is 2.28 bits per heavy atom. The molecule has 1 fully saturated rings. The molecule has 4 rings (SSSR count). The van der Waals surface area contributed by atoms with E-state index >= 15 is 0 Å². The van der Waals surface area contributed by atoms with Crippen LogP contribution in [0.15, 0.2) is 48.5 Å². The fraction of sp³-hybridized carbons (Fsp3) is 0.304. The molecular formula is C23H25N5O4. The maximum absolute atomic E-state index is 12.8. The van der Waals surface area contributed by atoms with Crippen LogP contribution in [-0.4, -0.2) is 47.7 Å². The second-order valence-corrected chi connectivity index (χ2v) is 7.97. The Hall–Kier alpha value is -3.88. The lowest BCUT2D eigenvalue weighted by Crippen LogP contribution is -2.49. The van der Waals surface area contributed by atoms with Gasteiger partial charge in [-0.15, -0.1) is 0 Å². The summed E-state index contributed by atoms with van der Waals surface area (Å²) < 4.78 is 0. The minimum absolute atomic E-state index is 0.0208. The highest BCUT2D eigenvalue weighted by Gasteiger charge is 2.47. The number of nitrogens with zero attached hydrogens (tertiary/aromatic N) is 1. The van der Waals surface area contributed by atoms with E-state index in [4.69, 9.17) is 0 Å². The Bertz CT molecular complexity index is 1050. The number of benzene rings is 2. The van der Waals surface area contributed by atoms with Crippen LogP contribution in [0.5, 0.6) is 0 Å². The van der Waals surface area contributed by atoms with Gasteiger partial charge >= 0.3 is 0 Å². The number of nitrogens with one attached hydrogen (secondary N) is 4. The van der Waals surface area contributed by atoms with Gasteiger partial charge in [-0.25, -0.2) is 0 Å². The van der Waals surface area contributed by atoms with Crippen LogP contribution in [0.4, 0.5) is 5.69 Å². The summed E-state index contributed by atoms with van der Waals surface area (Å²) in [7, 11) is 0. The maximum atomic E-state index is 12.8. The monoisotopic (exact) mass is 435 g/mol. The molecule has 9 heteroatoms. The highest BCUT2D eigenvalue weighted by atomic mass is 16.2. The van der Waals surface area contributed by atoms with Crippen molar-refractivity contribution in [2.24, 2.45) is 0 Å². The Morgan fingerprint density at radius 2 is 1.59 bits per heavy atom. The van der Waals surface area contributed by atoms with E-state index in [1.807, 2.05) is 31.2 Å². The lowest BCUT2D eigenvalue weighted by Gasteiger charge is -2.24. The molecule has 166 valence electrons. The molecule has 1 atom stereocenters. The van der Waals surface area contributed by atoms with Gasteiger partial charge in [0.25, 0.3) is 17.7 Å². The number of fused-ring (bicyclic) bond motifs is 1. The zero-order valence-corrected chi connectivity index (χ0v) is 17.7. The molecule has 2 aromatic rings. The quantitative estimate of drug-likeness (QED) is 0.485. The van der Waals surface area contributed by atoms with Gasteiger partial charge in [-0.1, -0.05) is 35.9 Å². The molecule has 1 aliphatic carbocycles. The summed E-state index contributed by atoms with van der Waals surface area (Å²) in [6.07, 6.45) is 1.74. The third-order valence-corrected chi connectivity index (χ3v) is 5.46. The van der Waals surface area contributed by atoms with Gasteiger partial charge in [0.1, 0.15) is 6.04 Å². The molecule has 9 nitrogen and oxygen atoms in total. The molecule has 0 saturated heterocycles. The highest BCUT2D eigenvalue weighted by molar-refractivity contribution is 6.05. The average molecular weight is 435 g/mol. The number of hydrogen-bond donors (Lipinski definition) is 4. The molecule has 4 N–H and O–H groups in total. The van der Waals surface area contributed by atoms with Crippen LogP contribution >= 0.6 is 0 Å². The first-order valence-corrected chi connectivity index (χ1v) is 10.5. The number of amides is 4. The molecule has 2 aliphatic rings. The fourth-order valence-electron chi connectivity index (χ4n) is 3.68. The molecular weight excluding hydrogens is 410 g/mol. The zero-order valence-electron chi connectivity index (χ0n) is 17.7. The van der Waals surface area contributed by atoms with E-state index in [2.05, 4.69) is 21.5 Å². The molecule has 2 aromatic carbocycles. The second-order valence-electron chi connectivity index (χ2n) is 7.97. The topological polar surface area (TPSA) is 120 Å². The first-order chi connectivity index (χ1) is 15.4. The fourth-order valence-corrected chi connectivity index (χ4v) is 3.68. The van der Waals surface area contributed by atoms with E-state index in [0.717, 1.165) is 24.1 Å². The normalized spacial score (nSPS) is 16.8. The van der Waals surface area contributed by atoms with Gasteiger partial charge < -0.3 is 15.5 Å². The minimum Gasteiger partial charge on any atom is -0.376 e. The SMILES string of the molecule is Cc1ccc(NCC(=O)NNC(=O)CNC(=O)C2c3ccccc3C(=O)N2C2CC2)cc1. The molecule has 0 aromatic heterocycles. The van der Waals surface area contributed by atoms with Gasteiger partial charge in [0.15, 0.2) is 0 Å². The number of rotatable bonds is 7. The van der Waals surface area contributed by atoms with E-state index < -0.39 is 23.8 Å². The van der Waals surface area contributed by atoms with E-state index in [1.54, 1.807) is 29.2 Å². The molecule has 1 saturated carbocycles. The summed E-state index contributed by atoms with van der Waals surface area (Å²) in [5.41, 5.74) is 7.65. The predicted octanol–water partition coefficient (Wildman–Crippen LogP) is 1.03. The maximum Gasteiger partial charge on any atom is 0.257 e. The average Bonchev–Trinajstić information content (AvgIpc) is 3.59. The Kier molecular flexibility index (Phi) is 6.07. The van der Waals surface area contributed by atoms with Crippen LogP contribution in [-0.2, 0) is 14.4 Å². The van der Waals surface area contributed by atoms with Crippen molar-refractivity contribution in [3.63, 3.8) is 0 Å². The molecule has 1 heterocycles. The zero-order chi connectivity index (χ0) is 22.7. The standard InChI is InChI=1S/C23H25N5O4/c1-14-6-8-15(9-7-14)24-12-19(29)26-27-20(30)13-25-22(31)21-17-4-2-3-5-18(17)23(32)28(21)16-10-11-16/h2-9,16,21,24H,10-13H2,1H3,(H,25,31)(H,26,29)(H,27,30). The summed E-state index contributed by atoms with van der Waals surface area (Å²) in [4.78, 5) is 51.1. The van der Waals surface area contributed by atoms with Gasteiger partial charge in [0.05, 0.1) is 13.1 Å². The van der Waals surface area contributed by atoms with Crippen LogP contribution < -0.4 is 21.5 Å². The van der Waals surface area contributed by atoms with Crippen molar-refractivity contribution >= 4 is 29.3 Å². The largest absolute Gasteiger partial charge is 0.376 e. The van der Waals surface area contributed by atoms with Gasteiger partial charge in [0, 0.05) is 17.3 Å². The van der Waals surface area contributed by atoms with Gasteiger partial charge in [-0.3, -0.25) is 30.0 Å². The van der Waals surface area contributed by atoms with Crippen molar-refractivity contribution in [2.45, 2.75) is 31.8 Å². The summed E-state index contributed by atoms with van der Waals surface area (Å²) in [5, 5.41) is 5.52. The number of aryl methyl sites for hydroxylation is 1. The number of anilines is 1. The lowest BCUT2D eigenvalue weighted by atomic mass is 10.0. The van der Waals surface area contributed by atoms with Crippen molar-refractivity contribution in [3.05, 3.63) is 65.2 Å². The molecule has 4 amide bonds. The minimum atomic E-state index is -0.743. The van der Waals surface area contributed by atoms with Crippen molar-refractivity contribution in [2.75, 3.05) is 18.4 Å². The van der Waals surface area contributed by atoms with E-state index in [-0.39, 0.29) is 25.0 Å². The predicted molar refractivity (Wildman–Crippen MR) is 117 cm³/mol. The third kappa shape index (κ3) is 4.72. The van der Waals surface area contributed by atoms with Crippen molar-refractivity contribution < 1.29 is 19.2 Å². The second kappa shape index (κ2) is 9.09. The highest BCUT2D eigenvalue weighted by Crippen LogP contribution is 2.41.